The average Bonchev–Trinajstić information content (AvgIpc) is 2.73. The monoisotopic (exact) mass is 407 g/mol. The quantitative estimate of drug-likeness (QED) is 0.655. The lowest BCUT2D eigenvalue weighted by atomic mass is 10.2. The van der Waals surface area contributed by atoms with E-state index >= 15 is 0 Å². The summed E-state index contributed by atoms with van der Waals surface area (Å²) in [6.45, 7) is 4.41. The van der Waals surface area contributed by atoms with E-state index in [4.69, 9.17) is 0 Å². The molecule has 0 aliphatic rings. The van der Waals surface area contributed by atoms with Crippen LogP contribution in [0.1, 0.15) is 34.6 Å². The highest BCUT2D eigenvalue weighted by atomic mass is 19.1. The third-order valence-corrected chi connectivity index (χ3v) is 4.38. The van der Waals surface area contributed by atoms with Crippen molar-refractivity contribution in [2.75, 3.05) is 11.9 Å². The number of halogens is 1. The summed E-state index contributed by atoms with van der Waals surface area (Å²) in [5.74, 6) is -1.32. The number of hydrogen-bond acceptors (Lipinski definition) is 3. The maximum Gasteiger partial charge on any atom is 0.267 e. The summed E-state index contributed by atoms with van der Waals surface area (Å²) in [5.41, 5.74) is 0.531. The summed E-state index contributed by atoms with van der Waals surface area (Å²) in [4.78, 5) is 37.2. The van der Waals surface area contributed by atoms with Crippen molar-refractivity contribution in [2.24, 2.45) is 5.92 Å². The van der Waals surface area contributed by atoms with Crippen molar-refractivity contribution in [1.29, 1.82) is 0 Å². The van der Waals surface area contributed by atoms with Gasteiger partial charge in [0.25, 0.3) is 17.4 Å². The molecule has 0 fully saturated rings. The number of rotatable bonds is 6. The number of hydrogen-bond donors (Lipinski definition) is 2. The minimum atomic E-state index is -0.606. The summed E-state index contributed by atoms with van der Waals surface area (Å²) in [6, 6.07) is 15.3. The second kappa shape index (κ2) is 9.17. The molecule has 0 saturated heterocycles. The summed E-state index contributed by atoms with van der Waals surface area (Å²) in [5, 5.41) is 5.36. The minimum Gasteiger partial charge on any atom is -0.352 e. The van der Waals surface area contributed by atoms with Gasteiger partial charge in [-0.1, -0.05) is 26.0 Å². The lowest BCUT2D eigenvalue weighted by Gasteiger charge is -2.11. The molecule has 3 rings (SSSR count). The maximum atomic E-state index is 13.7. The first kappa shape index (κ1) is 21.0. The zero-order valence-electron chi connectivity index (χ0n) is 16.7. The van der Waals surface area contributed by atoms with Gasteiger partial charge in [-0.3, -0.25) is 19.0 Å². The SMILES string of the molecule is CC(C)CNC(=O)c1cccn(-c2ccc(NC(=O)c3ccccc3F)cc2)c1=O. The highest BCUT2D eigenvalue weighted by molar-refractivity contribution is 6.04. The van der Waals surface area contributed by atoms with Gasteiger partial charge in [-0.2, -0.15) is 0 Å². The summed E-state index contributed by atoms with van der Waals surface area (Å²) >= 11 is 0. The summed E-state index contributed by atoms with van der Waals surface area (Å²) in [6.07, 6.45) is 1.56. The zero-order chi connectivity index (χ0) is 21.7. The van der Waals surface area contributed by atoms with Gasteiger partial charge in [-0.25, -0.2) is 4.39 Å². The molecule has 0 saturated carbocycles. The van der Waals surface area contributed by atoms with Gasteiger partial charge in [0.1, 0.15) is 11.4 Å². The third kappa shape index (κ3) is 4.81. The molecular formula is C23H22FN3O3. The van der Waals surface area contributed by atoms with Gasteiger partial charge < -0.3 is 10.6 Å². The molecule has 0 spiro atoms. The fourth-order valence-electron chi connectivity index (χ4n) is 2.81. The van der Waals surface area contributed by atoms with E-state index < -0.39 is 23.2 Å². The van der Waals surface area contributed by atoms with Crippen LogP contribution < -0.4 is 16.2 Å². The van der Waals surface area contributed by atoms with E-state index in [1.807, 2.05) is 13.8 Å². The lowest BCUT2D eigenvalue weighted by Crippen LogP contribution is -2.34. The number of benzene rings is 2. The van der Waals surface area contributed by atoms with Crippen LogP contribution in [0.4, 0.5) is 10.1 Å². The first-order valence-corrected chi connectivity index (χ1v) is 9.53. The van der Waals surface area contributed by atoms with Crippen LogP contribution >= 0.6 is 0 Å². The maximum absolute atomic E-state index is 13.7. The van der Waals surface area contributed by atoms with Crippen LogP contribution in [0.15, 0.2) is 71.7 Å². The number of anilines is 1. The van der Waals surface area contributed by atoms with E-state index in [1.54, 1.807) is 42.6 Å². The molecule has 6 nitrogen and oxygen atoms in total. The molecule has 0 aliphatic heterocycles. The largest absolute Gasteiger partial charge is 0.352 e. The molecule has 1 heterocycles. The average molecular weight is 407 g/mol. The number of carbonyl (C=O) groups excluding carboxylic acids is 2. The Hall–Kier alpha value is -3.74. The molecule has 3 aromatic rings. The molecule has 2 N–H and O–H groups in total. The van der Waals surface area contributed by atoms with Crippen LogP contribution in [0.3, 0.4) is 0 Å². The Kier molecular flexibility index (Phi) is 6.41. The van der Waals surface area contributed by atoms with Gasteiger partial charge in [-0.15, -0.1) is 0 Å². The normalized spacial score (nSPS) is 10.7. The summed E-state index contributed by atoms with van der Waals surface area (Å²) in [7, 11) is 0. The zero-order valence-corrected chi connectivity index (χ0v) is 16.7. The van der Waals surface area contributed by atoms with Crippen molar-refractivity contribution in [3.05, 3.63) is 94.2 Å². The molecule has 30 heavy (non-hydrogen) atoms. The number of nitrogens with one attached hydrogen (secondary N) is 2. The Bertz CT molecular complexity index is 1120. The topological polar surface area (TPSA) is 80.2 Å². The van der Waals surface area contributed by atoms with Gasteiger partial charge >= 0.3 is 0 Å². The second-order valence-electron chi connectivity index (χ2n) is 7.18. The van der Waals surface area contributed by atoms with Crippen molar-refractivity contribution < 1.29 is 14.0 Å². The number of amides is 2. The number of pyridine rings is 1. The van der Waals surface area contributed by atoms with E-state index in [9.17, 15) is 18.8 Å². The molecular weight excluding hydrogens is 385 g/mol. The third-order valence-electron chi connectivity index (χ3n) is 4.38. The van der Waals surface area contributed by atoms with E-state index in [0.717, 1.165) is 0 Å². The predicted octanol–water partition coefficient (Wildman–Crippen LogP) is 3.61. The van der Waals surface area contributed by atoms with E-state index in [-0.39, 0.29) is 17.0 Å². The highest BCUT2D eigenvalue weighted by Gasteiger charge is 2.14. The summed E-state index contributed by atoms with van der Waals surface area (Å²) < 4.78 is 15.1. The highest BCUT2D eigenvalue weighted by Crippen LogP contribution is 2.15. The first-order valence-electron chi connectivity index (χ1n) is 9.53. The minimum absolute atomic E-state index is 0.0510. The number of nitrogens with zero attached hydrogens (tertiary/aromatic N) is 1. The molecule has 0 bridgehead atoms. The second-order valence-corrected chi connectivity index (χ2v) is 7.18. The Morgan fingerprint density at radius 2 is 1.60 bits per heavy atom. The Morgan fingerprint density at radius 3 is 2.27 bits per heavy atom. The molecule has 2 aromatic carbocycles. The smallest absolute Gasteiger partial charge is 0.267 e. The fourth-order valence-corrected chi connectivity index (χ4v) is 2.81. The van der Waals surface area contributed by atoms with Crippen molar-refractivity contribution in [3.8, 4) is 5.69 Å². The van der Waals surface area contributed by atoms with Crippen LogP contribution in [0, 0.1) is 11.7 Å². The van der Waals surface area contributed by atoms with Gasteiger partial charge in [0, 0.05) is 24.1 Å². The van der Waals surface area contributed by atoms with Crippen LogP contribution in [0.5, 0.6) is 0 Å². The number of aromatic nitrogens is 1. The Morgan fingerprint density at radius 1 is 0.933 bits per heavy atom. The Labute approximate surface area is 173 Å². The standard InChI is InChI=1S/C23H22FN3O3/c1-15(2)14-25-21(28)19-7-5-13-27(23(19)30)17-11-9-16(10-12-17)26-22(29)18-6-3-4-8-20(18)24/h3-13,15H,14H2,1-2H3,(H,25,28)(H,26,29). The number of carbonyl (C=O) groups is 2. The molecule has 0 radical (unpaired) electrons. The lowest BCUT2D eigenvalue weighted by molar-refractivity contribution is 0.0946. The molecule has 2 amide bonds. The van der Waals surface area contributed by atoms with Crippen molar-refractivity contribution in [2.45, 2.75) is 13.8 Å². The van der Waals surface area contributed by atoms with Crippen LogP contribution in [-0.4, -0.2) is 22.9 Å². The van der Waals surface area contributed by atoms with Gasteiger partial charge in [-0.05, 0) is 54.4 Å². The van der Waals surface area contributed by atoms with Crippen molar-refractivity contribution >= 4 is 17.5 Å². The molecule has 7 heteroatoms. The van der Waals surface area contributed by atoms with Crippen LogP contribution in [0.2, 0.25) is 0 Å². The van der Waals surface area contributed by atoms with Crippen molar-refractivity contribution in [1.82, 2.24) is 9.88 Å². The first-order chi connectivity index (χ1) is 14.4. The van der Waals surface area contributed by atoms with Crippen molar-refractivity contribution in [3.63, 3.8) is 0 Å². The van der Waals surface area contributed by atoms with E-state index in [2.05, 4.69) is 10.6 Å². The molecule has 0 atom stereocenters. The van der Waals surface area contributed by atoms with E-state index in [1.165, 1.54) is 28.8 Å². The van der Waals surface area contributed by atoms with E-state index in [0.29, 0.717) is 17.9 Å². The molecule has 0 unspecified atom stereocenters. The molecule has 154 valence electrons. The van der Waals surface area contributed by atoms with Gasteiger partial charge in [0.15, 0.2) is 0 Å². The molecule has 0 aliphatic carbocycles. The predicted molar refractivity (Wildman–Crippen MR) is 114 cm³/mol. The van der Waals surface area contributed by atoms with Crippen LogP contribution in [-0.2, 0) is 0 Å². The van der Waals surface area contributed by atoms with Gasteiger partial charge in [0.05, 0.1) is 5.56 Å². The fraction of sp³-hybridized carbons (Fsp3) is 0.174. The Balaban J connectivity index is 1.79. The molecule has 1 aromatic heterocycles. The van der Waals surface area contributed by atoms with Gasteiger partial charge in [0.2, 0.25) is 0 Å². The van der Waals surface area contributed by atoms with Crippen LogP contribution in [0.25, 0.3) is 5.69 Å².